The largest absolute Gasteiger partial charge is 0.325 e. The van der Waals surface area contributed by atoms with Crippen molar-refractivity contribution in [3.63, 3.8) is 0 Å². The molecule has 0 unspecified atom stereocenters. The quantitative estimate of drug-likeness (QED) is 0.936. The van der Waals surface area contributed by atoms with Crippen LogP contribution in [0.2, 0.25) is 5.02 Å². The van der Waals surface area contributed by atoms with Gasteiger partial charge in [-0.15, -0.1) is 5.10 Å². The van der Waals surface area contributed by atoms with Crippen molar-refractivity contribution in [1.82, 2.24) is 15.0 Å². The van der Waals surface area contributed by atoms with Crippen LogP contribution in [0, 0.1) is 12.8 Å². The van der Waals surface area contributed by atoms with Crippen molar-refractivity contribution >= 4 is 11.6 Å². The van der Waals surface area contributed by atoms with Crippen molar-refractivity contribution in [1.29, 1.82) is 0 Å². The Morgan fingerprint density at radius 1 is 1.37 bits per heavy atom. The predicted molar refractivity (Wildman–Crippen MR) is 77.5 cm³/mol. The Hall–Kier alpha value is -1.39. The fourth-order valence-corrected chi connectivity index (χ4v) is 2.36. The standard InChI is InChI=1S/C14H19ClN4/c1-9(2)6-14-12(8-16)17-18-19(14)13-5-4-11(15)7-10(13)3/h4-5,7,9H,6,8,16H2,1-3H3. The number of rotatable bonds is 4. The third kappa shape index (κ3) is 2.96. The lowest BCUT2D eigenvalue weighted by Crippen LogP contribution is -2.10. The van der Waals surface area contributed by atoms with Crippen LogP contribution in [0.3, 0.4) is 0 Å². The second-order valence-electron chi connectivity index (χ2n) is 5.13. The van der Waals surface area contributed by atoms with Crippen LogP contribution in [-0.4, -0.2) is 15.0 Å². The van der Waals surface area contributed by atoms with Crippen LogP contribution >= 0.6 is 11.6 Å². The number of nitrogens with zero attached hydrogens (tertiary/aromatic N) is 3. The summed E-state index contributed by atoms with van der Waals surface area (Å²) in [6.07, 6.45) is 0.904. The normalized spacial score (nSPS) is 11.3. The van der Waals surface area contributed by atoms with Gasteiger partial charge in [-0.1, -0.05) is 30.7 Å². The Labute approximate surface area is 118 Å². The molecule has 2 rings (SSSR count). The summed E-state index contributed by atoms with van der Waals surface area (Å²) in [5.41, 5.74) is 9.77. The van der Waals surface area contributed by atoms with E-state index in [1.807, 2.05) is 29.8 Å². The van der Waals surface area contributed by atoms with Crippen molar-refractivity contribution in [3.05, 3.63) is 40.2 Å². The van der Waals surface area contributed by atoms with Crippen LogP contribution in [0.5, 0.6) is 0 Å². The highest BCUT2D eigenvalue weighted by atomic mass is 35.5. The van der Waals surface area contributed by atoms with Gasteiger partial charge in [-0.05, 0) is 43.0 Å². The lowest BCUT2D eigenvalue weighted by Gasteiger charge is -2.12. The molecule has 5 heteroatoms. The molecule has 102 valence electrons. The topological polar surface area (TPSA) is 56.7 Å². The zero-order valence-corrected chi connectivity index (χ0v) is 12.3. The molecule has 0 atom stereocenters. The maximum atomic E-state index is 6.00. The Balaban J connectivity index is 2.52. The van der Waals surface area contributed by atoms with Crippen LogP contribution in [-0.2, 0) is 13.0 Å². The second kappa shape index (κ2) is 5.72. The summed E-state index contributed by atoms with van der Waals surface area (Å²) in [4.78, 5) is 0. The average Bonchev–Trinajstić information content (AvgIpc) is 2.71. The van der Waals surface area contributed by atoms with E-state index in [9.17, 15) is 0 Å². The first-order valence-corrected chi connectivity index (χ1v) is 6.80. The summed E-state index contributed by atoms with van der Waals surface area (Å²) in [6, 6.07) is 5.77. The molecule has 1 heterocycles. The highest BCUT2D eigenvalue weighted by Crippen LogP contribution is 2.22. The molecule has 0 radical (unpaired) electrons. The van der Waals surface area contributed by atoms with Gasteiger partial charge < -0.3 is 5.73 Å². The van der Waals surface area contributed by atoms with Gasteiger partial charge in [0.2, 0.25) is 0 Å². The number of aryl methyl sites for hydroxylation is 1. The third-order valence-electron chi connectivity index (χ3n) is 3.03. The number of hydrogen-bond donors (Lipinski definition) is 1. The fourth-order valence-electron chi connectivity index (χ4n) is 2.13. The van der Waals surface area contributed by atoms with Gasteiger partial charge in [-0.2, -0.15) is 0 Å². The van der Waals surface area contributed by atoms with E-state index in [0.29, 0.717) is 12.5 Å². The maximum absolute atomic E-state index is 6.00. The minimum Gasteiger partial charge on any atom is -0.325 e. The highest BCUT2D eigenvalue weighted by molar-refractivity contribution is 6.30. The summed E-state index contributed by atoms with van der Waals surface area (Å²) >= 11 is 6.00. The summed E-state index contributed by atoms with van der Waals surface area (Å²) in [6.45, 7) is 6.78. The summed E-state index contributed by atoms with van der Waals surface area (Å²) in [5.74, 6) is 0.523. The molecule has 0 saturated carbocycles. The highest BCUT2D eigenvalue weighted by Gasteiger charge is 2.15. The maximum Gasteiger partial charge on any atom is 0.0999 e. The first-order valence-electron chi connectivity index (χ1n) is 6.43. The van der Waals surface area contributed by atoms with Crippen molar-refractivity contribution in [2.75, 3.05) is 0 Å². The van der Waals surface area contributed by atoms with Gasteiger partial charge in [0.05, 0.1) is 17.1 Å². The first-order chi connectivity index (χ1) is 9.02. The second-order valence-corrected chi connectivity index (χ2v) is 5.56. The molecule has 2 aromatic rings. The average molecular weight is 279 g/mol. The minimum atomic E-state index is 0.411. The van der Waals surface area contributed by atoms with E-state index in [0.717, 1.165) is 34.1 Å². The van der Waals surface area contributed by atoms with Crippen LogP contribution in [0.4, 0.5) is 0 Å². The van der Waals surface area contributed by atoms with E-state index >= 15 is 0 Å². The molecule has 0 aliphatic heterocycles. The van der Waals surface area contributed by atoms with Crippen molar-refractivity contribution < 1.29 is 0 Å². The Bertz CT molecular complexity index is 575. The number of aromatic nitrogens is 3. The molecule has 0 fully saturated rings. The number of nitrogens with two attached hydrogens (primary N) is 1. The Morgan fingerprint density at radius 2 is 2.11 bits per heavy atom. The molecule has 0 saturated heterocycles. The van der Waals surface area contributed by atoms with Gasteiger partial charge >= 0.3 is 0 Å². The van der Waals surface area contributed by atoms with Crippen LogP contribution in [0.25, 0.3) is 5.69 Å². The molecule has 0 aliphatic rings. The smallest absolute Gasteiger partial charge is 0.0999 e. The summed E-state index contributed by atoms with van der Waals surface area (Å²) < 4.78 is 1.88. The van der Waals surface area contributed by atoms with E-state index < -0.39 is 0 Å². The van der Waals surface area contributed by atoms with Crippen molar-refractivity contribution in [3.8, 4) is 5.69 Å². The number of hydrogen-bond acceptors (Lipinski definition) is 3. The molecule has 1 aromatic heterocycles. The molecule has 1 aromatic carbocycles. The SMILES string of the molecule is Cc1cc(Cl)ccc1-n1nnc(CN)c1CC(C)C. The van der Waals surface area contributed by atoms with Crippen LogP contribution in [0.15, 0.2) is 18.2 Å². The van der Waals surface area contributed by atoms with E-state index in [2.05, 4.69) is 24.2 Å². The lowest BCUT2D eigenvalue weighted by molar-refractivity contribution is 0.610. The number of benzene rings is 1. The first kappa shape index (κ1) is 14.0. The molecule has 0 aliphatic carbocycles. The van der Waals surface area contributed by atoms with Crippen molar-refractivity contribution in [2.24, 2.45) is 11.7 Å². The molecule has 2 N–H and O–H groups in total. The van der Waals surface area contributed by atoms with E-state index in [1.165, 1.54) is 0 Å². The predicted octanol–water partition coefficient (Wildman–Crippen LogP) is 2.89. The molecule has 0 spiro atoms. The van der Waals surface area contributed by atoms with Gasteiger partial charge in [0.15, 0.2) is 0 Å². The van der Waals surface area contributed by atoms with Gasteiger partial charge in [-0.3, -0.25) is 0 Å². The zero-order chi connectivity index (χ0) is 14.0. The van der Waals surface area contributed by atoms with Crippen LogP contribution in [0.1, 0.15) is 30.8 Å². The van der Waals surface area contributed by atoms with E-state index in [4.69, 9.17) is 17.3 Å². The van der Waals surface area contributed by atoms with Gasteiger partial charge in [0.25, 0.3) is 0 Å². The van der Waals surface area contributed by atoms with Gasteiger partial charge in [0, 0.05) is 11.6 Å². The van der Waals surface area contributed by atoms with Crippen molar-refractivity contribution in [2.45, 2.75) is 33.7 Å². The Kier molecular flexibility index (Phi) is 4.22. The zero-order valence-electron chi connectivity index (χ0n) is 11.5. The summed E-state index contributed by atoms with van der Waals surface area (Å²) in [5, 5.41) is 9.15. The summed E-state index contributed by atoms with van der Waals surface area (Å²) in [7, 11) is 0. The third-order valence-corrected chi connectivity index (χ3v) is 3.26. The van der Waals surface area contributed by atoms with Gasteiger partial charge in [0.1, 0.15) is 0 Å². The fraction of sp³-hybridized carbons (Fsp3) is 0.429. The van der Waals surface area contributed by atoms with E-state index in [-0.39, 0.29) is 0 Å². The molecule has 0 amide bonds. The van der Waals surface area contributed by atoms with Gasteiger partial charge in [-0.25, -0.2) is 4.68 Å². The lowest BCUT2D eigenvalue weighted by atomic mass is 10.1. The monoisotopic (exact) mass is 278 g/mol. The molecular weight excluding hydrogens is 260 g/mol. The minimum absolute atomic E-state index is 0.411. The Morgan fingerprint density at radius 3 is 2.68 bits per heavy atom. The molecular formula is C14H19ClN4. The number of halogens is 1. The van der Waals surface area contributed by atoms with E-state index in [1.54, 1.807) is 0 Å². The van der Waals surface area contributed by atoms with Crippen LogP contribution < -0.4 is 5.73 Å². The molecule has 19 heavy (non-hydrogen) atoms. The molecule has 4 nitrogen and oxygen atoms in total. The molecule has 0 bridgehead atoms.